The molecule has 6 atom stereocenters. The highest BCUT2D eigenvalue weighted by Gasteiger charge is 2.74. The van der Waals surface area contributed by atoms with E-state index in [1.807, 2.05) is 34.6 Å². The van der Waals surface area contributed by atoms with Gasteiger partial charge in [0.1, 0.15) is 11.9 Å². The molecule has 1 aromatic carbocycles. The Labute approximate surface area is 215 Å². The summed E-state index contributed by atoms with van der Waals surface area (Å²) in [4.78, 5) is 24.9. The van der Waals surface area contributed by atoms with Crippen LogP contribution in [0.1, 0.15) is 71.8 Å². The first kappa shape index (κ1) is 28.5. The summed E-state index contributed by atoms with van der Waals surface area (Å²) >= 11 is 0. The maximum atomic E-state index is 12.5. The molecule has 2 saturated carbocycles. The second-order valence-corrected chi connectivity index (χ2v) is 12.8. The minimum absolute atomic E-state index is 0.0285. The first-order chi connectivity index (χ1) is 16.7. The van der Waals surface area contributed by atoms with Crippen molar-refractivity contribution in [2.45, 2.75) is 90.2 Å². The van der Waals surface area contributed by atoms with Gasteiger partial charge >= 0.3 is 5.97 Å². The number of ketones is 1. The van der Waals surface area contributed by atoms with E-state index in [4.69, 9.17) is 8.92 Å². The molecule has 2 aliphatic carbocycles. The van der Waals surface area contributed by atoms with Crippen LogP contribution in [-0.4, -0.2) is 44.1 Å². The standard InChI is InChI=1S/C28H40O7S/c1-7-9-21(35-24(30)17-34-36(32,33)22-12-10-19(3)11-13-22)16-26(5,8-2)25(31)20(4)28-15-14-23(29)27(28,6)18-28/h8,10-13,20-21,25,31H,2,7,9,14-18H2,1,3-6H3/t20-,21-,25-,26+,27?,28+/m0/s1. The van der Waals surface area contributed by atoms with E-state index in [9.17, 15) is 23.1 Å². The van der Waals surface area contributed by atoms with Crippen LogP contribution >= 0.6 is 0 Å². The highest BCUT2D eigenvalue weighted by atomic mass is 32.2. The largest absolute Gasteiger partial charge is 0.461 e. The number of carbonyl (C=O) groups excluding carboxylic acids is 2. The van der Waals surface area contributed by atoms with E-state index in [-0.39, 0.29) is 27.4 Å². The van der Waals surface area contributed by atoms with Gasteiger partial charge in [-0.2, -0.15) is 8.42 Å². The lowest BCUT2D eigenvalue weighted by atomic mass is 9.68. The van der Waals surface area contributed by atoms with Crippen molar-refractivity contribution < 1.29 is 32.0 Å². The Bertz CT molecular complexity index is 1090. The van der Waals surface area contributed by atoms with Crippen LogP contribution in [0.15, 0.2) is 41.8 Å². The molecule has 3 rings (SSSR count). The molecule has 0 radical (unpaired) electrons. The number of aryl methyl sites for hydroxylation is 1. The second kappa shape index (κ2) is 10.4. The molecule has 0 aromatic heterocycles. The lowest BCUT2D eigenvalue weighted by molar-refractivity contribution is -0.154. The number of hydrogen-bond acceptors (Lipinski definition) is 7. The molecule has 0 amide bonds. The summed E-state index contributed by atoms with van der Waals surface area (Å²) in [6, 6.07) is 6.16. The van der Waals surface area contributed by atoms with E-state index in [0.29, 0.717) is 19.3 Å². The Morgan fingerprint density at radius 2 is 1.94 bits per heavy atom. The molecule has 0 saturated heterocycles. The zero-order valence-corrected chi connectivity index (χ0v) is 22.9. The van der Waals surface area contributed by atoms with Crippen molar-refractivity contribution >= 4 is 21.9 Å². The first-order valence-corrected chi connectivity index (χ1v) is 14.2. The molecule has 1 unspecified atom stereocenters. The summed E-state index contributed by atoms with van der Waals surface area (Å²) in [6.07, 6.45) is 4.12. The molecule has 2 aliphatic rings. The lowest BCUT2D eigenvalue weighted by Crippen LogP contribution is -2.43. The number of esters is 1. The van der Waals surface area contributed by atoms with Gasteiger partial charge in [-0.1, -0.05) is 57.9 Å². The van der Waals surface area contributed by atoms with Crippen LogP contribution in [-0.2, 0) is 28.6 Å². The molecular weight excluding hydrogens is 480 g/mol. The van der Waals surface area contributed by atoms with Crippen LogP contribution in [0.4, 0.5) is 0 Å². The zero-order valence-electron chi connectivity index (χ0n) is 22.1. The molecule has 0 aliphatic heterocycles. The van der Waals surface area contributed by atoms with Crippen molar-refractivity contribution in [1.82, 2.24) is 0 Å². The lowest BCUT2D eigenvalue weighted by Gasteiger charge is -2.40. The summed E-state index contributed by atoms with van der Waals surface area (Å²) in [7, 11) is -4.09. The average Bonchev–Trinajstić information content (AvgIpc) is 3.39. The third-order valence-electron chi connectivity index (χ3n) is 8.76. The van der Waals surface area contributed by atoms with Crippen LogP contribution in [0.3, 0.4) is 0 Å². The molecule has 0 heterocycles. The molecule has 36 heavy (non-hydrogen) atoms. The summed E-state index contributed by atoms with van der Waals surface area (Å²) in [6.45, 7) is 12.9. The topological polar surface area (TPSA) is 107 Å². The van der Waals surface area contributed by atoms with Gasteiger partial charge in [0.2, 0.25) is 0 Å². The number of ether oxygens (including phenoxy) is 1. The number of aliphatic hydroxyl groups excluding tert-OH is 1. The monoisotopic (exact) mass is 520 g/mol. The van der Waals surface area contributed by atoms with Crippen molar-refractivity contribution in [3.63, 3.8) is 0 Å². The van der Waals surface area contributed by atoms with Crippen molar-refractivity contribution in [2.75, 3.05) is 6.61 Å². The van der Waals surface area contributed by atoms with E-state index in [2.05, 4.69) is 6.58 Å². The van der Waals surface area contributed by atoms with Gasteiger partial charge < -0.3 is 9.84 Å². The predicted molar refractivity (Wildman–Crippen MR) is 137 cm³/mol. The van der Waals surface area contributed by atoms with E-state index >= 15 is 0 Å². The Hall–Kier alpha value is -2.03. The molecule has 200 valence electrons. The molecule has 0 spiro atoms. The second-order valence-electron chi connectivity index (χ2n) is 11.2. The molecule has 0 bridgehead atoms. The summed E-state index contributed by atoms with van der Waals surface area (Å²) in [5.41, 5.74) is -0.408. The maximum Gasteiger partial charge on any atom is 0.333 e. The maximum absolute atomic E-state index is 12.5. The molecule has 1 N–H and O–H groups in total. The van der Waals surface area contributed by atoms with E-state index in [1.54, 1.807) is 18.2 Å². The van der Waals surface area contributed by atoms with E-state index < -0.39 is 40.3 Å². The fourth-order valence-electron chi connectivity index (χ4n) is 6.16. The number of hydrogen-bond donors (Lipinski definition) is 1. The number of rotatable bonds is 13. The number of benzene rings is 1. The zero-order chi connectivity index (χ0) is 26.9. The fraction of sp³-hybridized carbons (Fsp3) is 0.643. The third-order valence-corrected chi connectivity index (χ3v) is 10.0. The molecule has 7 nitrogen and oxygen atoms in total. The van der Waals surface area contributed by atoms with Gasteiger partial charge in [-0.15, -0.1) is 6.58 Å². The minimum atomic E-state index is -4.09. The normalized spacial score (nSPS) is 27.4. The van der Waals surface area contributed by atoms with Gasteiger partial charge in [0, 0.05) is 17.3 Å². The van der Waals surface area contributed by atoms with Gasteiger partial charge in [-0.25, -0.2) is 4.79 Å². The van der Waals surface area contributed by atoms with Gasteiger partial charge in [-0.3, -0.25) is 8.98 Å². The average molecular weight is 521 g/mol. The molecular formula is C28H40O7S. The summed E-state index contributed by atoms with van der Waals surface area (Å²) < 4.78 is 35.4. The summed E-state index contributed by atoms with van der Waals surface area (Å²) in [5.74, 6) is -0.633. The van der Waals surface area contributed by atoms with E-state index in [0.717, 1.165) is 24.8 Å². The van der Waals surface area contributed by atoms with Crippen LogP contribution in [0.25, 0.3) is 0 Å². The Kier molecular flexibility index (Phi) is 8.23. The first-order valence-electron chi connectivity index (χ1n) is 12.8. The van der Waals surface area contributed by atoms with Crippen LogP contribution in [0.5, 0.6) is 0 Å². The Morgan fingerprint density at radius 3 is 2.44 bits per heavy atom. The smallest absolute Gasteiger partial charge is 0.333 e. The van der Waals surface area contributed by atoms with Crippen molar-refractivity contribution in [3.05, 3.63) is 42.5 Å². The molecule has 2 fully saturated rings. The van der Waals surface area contributed by atoms with Crippen molar-refractivity contribution in [1.29, 1.82) is 0 Å². The van der Waals surface area contributed by atoms with Crippen LogP contribution < -0.4 is 0 Å². The number of carbonyl (C=O) groups is 2. The van der Waals surface area contributed by atoms with Gasteiger partial charge in [-0.05, 0) is 56.1 Å². The SMILES string of the molecule is C=C[C@](C)(C[C@H](CCC)OC(=O)COS(=O)(=O)c1ccc(C)cc1)[C@@H](O)[C@H](C)[C@]12CCC(=O)C1(C)C2. The highest BCUT2D eigenvalue weighted by Crippen LogP contribution is 2.75. The quantitative estimate of drug-likeness (QED) is 0.227. The van der Waals surface area contributed by atoms with E-state index in [1.165, 1.54) is 12.1 Å². The summed E-state index contributed by atoms with van der Waals surface area (Å²) in [5, 5.41) is 11.5. The number of aliphatic hydroxyl groups is 1. The van der Waals surface area contributed by atoms with Gasteiger partial charge in [0.05, 0.1) is 11.0 Å². The molecule has 1 aromatic rings. The van der Waals surface area contributed by atoms with Crippen LogP contribution in [0, 0.1) is 29.1 Å². The van der Waals surface area contributed by atoms with Crippen LogP contribution in [0.2, 0.25) is 0 Å². The minimum Gasteiger partial charge on any atom is -0.461 e. The Morgan fingerprint density at radius 1 is 1.31 bits per heavy atom. The van der Waals surface area contributed by atoms with Crippen molar-refractivity contribution in [3.8, 4) is 0 Å². The predicted octanol–water partition coefficient (Wildman–Crippen LogP) is 4.75. The number of Topliss-reactive ketones (excluding diaryl/α,β-unsaturated/α-hetero) is 1. The molecule has 8 heteroatoms. The third kappa shape index (κ3) is 5.31. The Balaban J connectivity index is 1.64. The number of fused-ring (bicyclic) bond motifs is 1. The fourth-order valence-corrected chi connectivity index (χ4v) is 7.02. The van der Waals surface area contributed by atoms with Gasteiger partial charge in [0.15, 0.2) is 6.61 Å². The van der Waals surface area contributed by atoms with Crippen molar-refractivity contribution in [2.24, 2.45) is 22.2 Å². The highest BCUT2D eigenvalue weighted by molar-refractivity contribution is 7.86. The van der Waals surface area contributed by atoms with Gasteiger partial charge in [0.25, 0.3) is 10.1 Å².